The summed E-state index contributed by atoms with van der Waals surface area (Å²) >= 11 is 0. The number of aromatic nitrogens is 1. The summed E-state index contributed by atoms with van der Waals surface area (Å²) in [5, 5.41) is 10.9. The van der Waals surface area contributed by atoms with Crippen LogP contribution in [0, 0.1) is 5.82 Å². The first-order valence-corrected chi connectivity index (χ1v) is 9.80. The van der Waals surface area contributed by atoms with E-state index in [4.69, 9.17) is 4.74 Å². The zero-order valence-electron chi connectivity index (χ0n) is 16.3. The lowest BCUT2D eigenvalue weighted by atomic mass is 9.96. The molecule has 7 nitrogen and oxygen atoms in total. The highest BCUT2D eigenvalue weighted by molar-refractivity contribution is 6.46. The summed E-state index contributed by atoms with van der Waals surface area (Å²) in [6.45, 7) is 3.72. The van der Waals surface area contributed by atoms with E-state index < -0.39 is 23.5 Å². The van der Waals surface area contributed by atoms with E-state index in [-0.39, 0.29) is 16.9 Å². The third-order valence-electron chi connectivity index (χ3n) is 5.44. The number of aliphatic hydroxyl groups excluding tert-OH is 1. The van der Waals surface area contributed by atoms with Crippen molar-refractivity contribution in [2.24, 2.45) is 0 Å². The number of nitrogens with zero attached hydrogens (tertiary/aromatic N) is 3. The number of Topliss-reactive ketones (excluding diaryl/α,β-unsaturated/α-hetero) is 1. The molecule has 2 aliphatic rings. The lowest BCUT2D eigenvalue weighted by Gasteiger charge is -2.30. The van der Waals surface area contributed by atoms with Crippen molar-refractivity contribution in [1.29, 1.82) is 0 Å². The minimum atomic E-state index is -0.749. The molecule has 8 heteroatoms. The van der Waals surface area contributed by atoms with Crippen LogP contribution in [-0.4, -0.2) is 71.0 Å². The zero-order valence-corrected chi connectivity index (χ0v) is 16.3. The van der Waals surface area contributed by atoms with Gasteiger partial charge in [0.05, 0.1) is 24.8 Å². The number of likely N-dealkylation sites (tertiary alicyclic amines) is 1. The predicted molar refractivity (Wildman–Crippen MR) is 107 cm³/mol. The van der Waals surface area contributed by atoms with Gasteiger partial charge in [-0.1, -0.05) is 0 Å². The van der Waals surface area contributed by atoms with Crippen LogP contribution in [0.1, 0.15) is 17.2 Å². The maximum Gasteiger partial charge on any atom is 0.295 e. The van der Waals surface area contributed by atoms with Crippen LogP contribution < -0.4 is 0 Å². The van der Waals surface area contributed by atoms with Crippen LogP contribution >= 0.6 is 0 Å². The van der Waals surface area contributed by atoms with Crippen molar-refractivity contribution in [3.63, 3.8) is 0 Å². The Bertz CT molecular complexity index is 956. The Labute approximate surface area is 173 Å². The Balaban J connectivity index is 1.71. The monoisotopic (exact) mass is 411 g/mol. The minimum Gasteiger partial charge on any atom is -0.507 e. The lowest BCUT2D eigenvalue weighted by molar-refractivity contribution is -0.140. The van der Waals surface area contributed by atoms with Crippen LogP contribution in [0.5, 0.6) is 0 Å². The van der Waals surface area contributed by atoms with Gasteiger partial charge in [-0.25, -0.2) is 4.39 Å². The van der Waals surface area contributed by atoms with Gasteiger partial charge in [-0.2, -0.15) is 0 Å². The average molecular weight is 411 g/mol. The van der Waals surface area contributed by atoms with E-state index in [1.54, 1.807) is 24.5 Å². The molecule has 1 aromatic carbocycles. The summed E-state index contributed by atoms with van der Waals surface area (Å²) in [6.07, 6.45) is 3.16. The number of rotatable bonds is 5. The second-order valence-electron chi connectivity index (χ2n) is 7.23. The van der Waals surface area contributed by atoms with Crippen LogP contribution in [0.25, 0.3) is 5.76 Å². The number of hydrogen-bond acceptors (Lipinski definition) is 6. The first kappa shape index (κ1) is 20.2. The molecule has 2 aromatic rings. The molecule has 156 valence electrons. The van der Waals surface area contributed by atoms with Crippen molar-refractivity contribution < 1.29 is 23.8 Å². The van der Waals surface area contributed by atoms with Crippen molar-refractivity contribution in [3.05, 3.63) is 71.3 Å². The molecule has 0 aliphatic carbocycles. The Kier molecular flexibility index (Phi) is 5.87. The summed E-state index contributed by atoms with van der Waals surface area (Å²) in [5.41, 5.74) is 0.955. The predicted octanol–water partition coefficient (Wildman–Crippen LogP) is 1.97. The highest BCUT2D eigenvalue weighted by Crippen LogP contribution is 2.39. The maximum absolute atomic E-state index is 13.3. The van der Waals surface area contributed by atoms with Gasteiger partial charge >= 0.3 is 0 Å². The van der Waals surface area contributed by atoms with Gasteiger partial charge in [0.25, 0.3) is 11.7 Å². The topological polar surface area (TPSA) is 83.0 Å². The number of ether oxygens (including phenoxy) is 1. The normalized spacial score (nSPS) is 21.9. The fourth-order valence-corrected chi connectivity index (χ4v) is 3.84. The Morgan fingerprint density at radius 1 is 1.07 bits per heavy atom. The van der Waals surface area contributed by atoms with Crippen molar-refractivity contribution in [2.45, 2.75) is 6.04 Å². The molecule has 30 heavy (non-hydrogen) atoms. The van der Waals surface area contributed by atoms with Crippen LogP contribution in [0.15, 0.2) is 54.4 Å². The standard InChI is InChI=1S/C22H22FN3O4/c23-17-3-1-16(2-4-17)20(27)18-19(15-5-7-24-8-6-15)26(22(29)21(18)28)10-9-25-11-13-30-14-12-25/h1-8,19,27H,9-14H2. The smallest absolute Gasteiger partial charge is 0.295 e. The molecular weight excluding hydrogens is 389 g/mol. The quantitative estimate of drug-likeness (QED) is 0.460. The van der Waals surface area contributed by atoms with E-state index >= 15 is 0 Å². The number of amides is 1. The number of benzene rings is 1. The molecule has 2 aliphatic heterocycles. The fraction of sp³-hybridized carbons (Fsp3) is 0.318. The van der Waals surface area contributed by atoms with Crippen LogP contribution in [0.4, 0.5) is 4.39 Å². The maximum atomic E-state index is 13.3. The summed E-state index contributed by atoms with van der Waals surface area (Å²) in [4.78, 5) is 33.4. The van der Waals surface area contributed by atoms with E-state index in [2.05, 4.69) is 9.88 Å². The summed E-state index contributed by atoms with van der Waals surface area (Å²) < 4.78 is 18.7. The second-order valence-corrected chi connectivity index (χ2v) is 7.23. The molecule has 2 fully saturated rings. The van der Waals surface area contributed by atoms with Crippen molar-refractivity contribution in [1.82, 2.24) is 14.8 Å². The molecule has 1 atom stereocenters. The number of morpholine rings is 1. The third-order valence-corrected chi connectivity index (χ3v) is 5.44. The van der Waals surface area contributed by atoms with Crippen LogP contribution in [-0.2, 0) is 14.3 Å². The van der Waals surface area contributed by atoms with Crippen molar-refractivity contribution in [2.75, 3.05) is 39.4 Å². The molecule has 0 radical (unpaired) electrons. The van der Waals surface area contributed by atoms with E-state index in [1.165, 1.54) is 29.2 Å². The summed E-state index contributed by atoms with van der Waals surface area (Å²) in [5.74, 6) is -2.18. The number of carbonyl (C=O) groups is 2. The molecule has 1 amide bonds. The third kappa shape index (κ3) is 3.96. The molecule has 0 saturated carbocycles. The SMILES string of the molecule is O=C1C(=O)N(CCN2CCOCC2)C(c2ccncc2)C1=C(O)c1ccc(F)cc1. The van der Waals surface area contributed by atoms with Crippen LogP contribution in [0.3, 0.4) is 0 Å². The Hall–Kier alpha value is -3.10. The molecule has 0 spiro atoms. The lowest BCUT2D eigenvalue weighted by Crippen LogP contribution is -2.42. The van der Waals surface area contributed by atoms with Crippen molar-refractivity contribution >= 4 is 17.4 Å². The van der Waals surface area contributed by atoms with E-state index in [9.17, 15) is 19.1 Å². The van der Waals surface area contributed by atoms with Gasteiger partial charge in [-0.05, 0) is 42.0 Å². The number of ketones is 1. The average Bonchev–Trinajstić information content (AvgIpc) is 3.04. The van der Waals surface area contributed by atoms with Gasteiger partial charge in [0.15, 0.2) is 0 Å². The van der Waals surface area contributed by atoms with Crippen LogP contribution in [0.2, 0.25) is 0 Å². The highest BCUT2D eigenvalue weighted by Gasteiger charge is 2.46. The van der Waals surface area contributed by atoms with Gasteiger partial charge in [0, 0.05) is 44.1 Å². The number of hydrogen-bond donors (Lipinski definition) is 1. The largest absolute Gasteiger partial charge is 0.507 e. The van der Waals surface area contributed by atoms with E-state index in [0.29, 0.717) is 31.9 Å². The molecule has 3 heterocycles. The van der Waals surface area contributed by atoms with Gasteiger partial charge < -0.3 is 14.7 Å². The molecule has 1 unspecified atom stereocenters. The number of halogens is 1. The van der Waals surface area contributed by atoms with Gasteiger partial charge in [0.1, 0.15) is 11.6 Å². The van der Waals surface area contributed by atoms with E-state index in [1.807, 2.05) is 0 Å². The minimum absolute atomic E-state index is 0.000198. The van der Waals surface area contributed by atoms with Crippen molar-refractivity contribution in [3.8, 4) is 0 Å². The van der Waals surface area contributed by atoms with Gasteiger partial charge in [0.2, 0.25) is 0 Å². The Morgan fingerprint density at radius 2 is 1.73 bits per heavy atom. The zero-order chi connectivity index (χ0) is 21.1. The van der Waals surface area contributed by atoms with Gasteiger partial charge in [-0.15, -0.1) is 0 Å². The summed E-state index contributed by atoms with van der Waals surface area (Å²) in [7, 11) is 0. The molecule has 1 aromatic heterocycles. The molecule has 0 bridgehead atoms. The molecule has 2 saturated heterocycles. The summed E-state index contributed by atoms with van der Waals surface area (Å²) in [6, 6.07) is 7.87. The Morgan fingerprint density at radius 3 is 2.40 bits per heavy atom. The molecule has 1 N–H and O–H groups in total. The van der Waals surface area contributed by atoms with Gasteiger partial charge in [-0.3, -0.25) is 19.5 Å². The number of aliphatic hydroxyl groups is 1. The number of pyridine rings is 1. The highest BCUT2D eigenvalue weighted by atomic mass is 19.1. The first-order chi connectivity index (χ1) is 14.6. The molecular formula is C22H22FN3O4. The van der Waals surface area contributed by atoms with E-state index in [0.717, 1.165) is 13.1 Å². The number of carbonyl (C=O) groups excluding carboxylic acids is 2. The second kappa shape index (κ2) is 8.73. The molecule has 4 rings (SSSR count). The first-order valence-electron chi connectivity index (χ1n) is 9.80. The fourth-order valence-electron chi connectivity index (χ4n) is 3.84.